The number of rotatable bonds is 4. The fourth-order valence-corrected chi connectivity index (χ4v) is 3.23. The minimum atomic E-state index is -3.32. The van der Waals surface area contributed by atoms with Crippen molar-refractivity contribution in [2.24, 2.45) is 0 Å². The minimum Gasteiger partial charge on any atom is -0.224 e. The molecule has 1 aromatic heterocycles. The van der Waals surface area contributed by atoms with Gasteiger partial charge in [0.05, 0.1) is 5.75 Å². The average molecular weight is 282 g/mol. The predicted molar refractivity (Wildman–Crippen MR) is 72.4 cm³/mol. The smallest absolute Gasteiger partial charge is 0.175 e. The Morgan fingerprint density at radius 2 is 1.89 bits per heavy atom. The summed E-state index contributed by atoms with van der Waals surface area (Å²) < 4.78 is 36.3. The highest BCUT2D eigenvalue weighted by atomic mass is 32.2. The molecule has 0 saturated heterocycles. The van der Waals surface area contributed by atoms with Gasteiger partial charge in [-0.3, -0.25) is 0 Å². The maximum absolute atomic E-state index is 12.7. The molecule has 0 spiro atoms. The summed E-state index contributed by atoms with van der Waals surface area (Å²) in [5, 5.41) is 3.08. The molecule has 0 saturated carbocycles. The zero-order valence-corrected chi connectivity index (χ0v) is 11.0. The first-order chi connectivity index (χ1) is 8.55. The lowest BCUT2D eigenvalue weighted by molar-refractivity contribution is 0.603. The van der Waals surface area contributed by atoms with Crippen LogP contribution in [0.15, 0.2) is 47.2 Å². The van der Waals surface area contributed by atoms with Crippen LogP contribution in [-0.2, 0) is 15.6 Å². The fraction of sp³-hybridized carbons (Fsp3) is 0.0769. The summed E-state index contributed by atoms with van der Waals surface area (Å²) in [4.78, 5) is 0.887. The third kappa shape index (κ3) is 3.78. The molecule has 0 atom stereocenters. The second kappa shape index (κ2) is 5.46. The quantitative estimate of drug-likeness (QED) is 0.860. The highest BCUT2D eigenvalue weighted by Crippen LogP contribution is 2.14. The fourth-order valence-electron chi connectivity index (χ4n) is 1.42. The van der Waals surface area contributed by atoms with Gasteiger partial charge in [-0.05, 0) is 35.2 Å². The number of benzene rings is 1. The molecule has 0 amide bonds. The van der Waals surface area contributed by atoms with E-state index in [9.17, 15) is 12.8 Å². The molecule has 2 nitrogen and oxygen atoms in total. The van der Waals surface area contributed by atoms with E-state index in [0.29, 0.717) is 5.56 Å². The highest BCUT2D eigenvalue weighted by Gasteiger charge is 2.07. The Morgan fingerprint density at radius 3 is 2.50 bits per heavy atom. The summed E-state index contributed by atoms with van der Waals surface area (Å²) in [5.74, 6) is -0.486. The first-order valence-corrected chi connectivity index (χ1v) is 7.83. The molecule has 0 fully saturated rings. The Morgan fingerprint density at radius 1 is 1.17 bits per heavy atom. The van der Waals surface area contributed by atoms with Crippen LogP contribution in [0.2, 0.25) is 0 Å². The van der Waals surface area contributed by atoms with Crippen molar-refractivity contribution in [3.05, 3.63) is 63.4 Å². The van der Waals surface area contributed by atoms with Crippen molar-refractivity contribution in [2.45, 2.75) is 5.75 Å². The lowest BCUT2D eigenvalue weighted by Gasteiger charge is -1.99. The van der Waals surface area contributed by atoms with Crippen molar-refractivity contribution in [3.63, 3.8) is 0 Å². The van der Waals surface area contributed by atoms with Crippen LogP contribution in [-0.4, -0.2) is 8.42 Å². The molecular formula is C13H11FO2S2. The van der Waals surface area contributed by atoms with Gasteiger partial charge in [-0.15, -0.1) is 11.3 Å². The highest BCUT2D eigenvalue weighted by molar-refractivity contribution is 7.93. The van der Waals surface area contributed by atoms with Gasteiger partial charge in [0.15, 0.2) is 9.84 Å². The monoisotopic (exact) mass is 282 g/mol. The van der Waals surface area contributed by atoms with E-state index in [1.807, 2.05) is 17.5 Å². The molecule has 0 N–H and O–H groups in total. The van der Waals surface area contributed by atoms with Gasteiger partial charge in [0, 0.05) is 10.3 Å². The van der Waals surface area contributed by atoms with E-state index in [4.69, 9.17) is 0 Å². The zero-order chi connectivity index (χ0) is 13.0. The number of thiophene rings is 1. The van der Waals surface area contributed by atoms with E-state index in [1.165, 1.54) is 41.0 Å². The van der Waals surface area contributed by atoms with Gasteiger partial charge in [-0.25, -0.2) is 12.8 Å². The second-order valence-electron chi connectivity index (χ2n) is 3.75. The Hall–Kier alpha value is -1.46. The summed E-state index contributed by atoms with van der Waals surface area (Å²) in [6, 6.07) is 9.17. The number of hydrogen-bond acceptors (Lipinski definition) is 3. The van der Waals surface area contributed by atoms with E-state index in [2.05, 4.69) is 0 Å². The van der Waals surface area contributed by atoms with Crippen LogP contribution in [0.1, 0.15) is 10.4 Å². The molecule has 0 unspecified atom stereocenters. The Kier molecular flexibility index (Phi) is 3.93. The van der Waals surface area contributed by atoms with Crippen LogP contribution in [0.5, 0.6) is 0 Å². The molecule has 2 aromatic rings. The first kappa shape index (κ1) is 13.0. The topological polar surface area (TPSA) is 34.1 Å². The van der Waals surface area contributed by atoms with Crippen LogP contribution in [0.25, 0.3) is 6.08 Å². The normalized spacial score (nSPS) is 12.1. The molecule has 2 rings (SSSR count). The second-order valence-corrected chi connectivity index (χ2v) is 6.62. The van der Waals surface area contributed by atoms with Gasteiger partial charge in [0.25, 0.3) is 0 Å². The van der Waals surface area contributed by atoms with E-state index in [-0.39, 0.29) is 11.6 Å². The summed E-state index contributed by atoms with van der Waals surface area (Å²) in [6.07, 6.45) is 1.57. The molecule has 0 bridgehead atoms. The van der Waals surface area contributed by atoms with Crippen molar-refractivity contribution in [1.29, 1.82) is 0 Å². The zero-order valence-electron chi connectivity index (χ0n) is 9.41. The summed E-state index contributed by atoms with van der Waals surface area (Å²) in [7, 11) is -3.32. The molecule has 1 heterocycles. The van der Waals surface area contributed by atoms with Crippen molar-refractivity contribution >= 4 is 27.3 Å². The van der Waals surface area contributed by atoms with Crippen LogP contribution in [0, 0.1) is 5.82 Å². The molecule has 5 heteroatoms. The molecular weight excluding hydrogens is 271 g/mol. The van der Waals surface area contributed by atoms with Gasteiger partial charge >= 0.3 is 0 Å². The lowest BCUT2D eigenvalue weighted by atomic mass is 10.2. The Balaban J connectivity index is 2.10. The van der Waals surface area contributed by atoms with E-state index >= 15 is 0 Å². The largest absolute Gasteiger partial charge is 0.224 e. The van der Waals surface area contributed by atoms with Crippen LogP contribution < -0.4 is 0 Å². The van der Waals surface area contributed by atoms with E-state index in [0.717, 1.165) is 4.88 Å². The first-order valence-electron chi connectivity index (χ1n) is 5.24. The van der Waals surface area contributed by atoms with E-state index < -0.39 is 9.84 Å². The van der Waals surface area contributed by atoms with Crippen molar-refractivity contribution in [2.75, 3.05) is 0 Å². The SMILES string of the molecule is O=S(=O)(C=Cc1cccs1)Cc1ccc(F)cc1. The Bertz CT molecular complexity index is 626. The molecule has 0 aliphatic heterocycles. The average Bonchev–Trinajstić information content (AvgIpc) is 2.83. The number of halogens is 1. The molecule has 0 radical (unpaired) electrons. The van der Waals surface area contributed by atoms with Gasteiger partial charge in [0.1, 0.15) is 5.82 Å². The van der Waals surface area contributed by atoms with Crippen molar-refractivity contribution in [1.82, 2.24) is 0 Å². The van der Waals surface area contributed by atoms with Crippen molar-refractivity contribution < 1.29 is 12.8 Å². The lowest BCUT2D eigenvalue weighted by Crippen LogP contribution is -1.99. The molecule has 1 aromatic carbocycles. The van der Waals surface area contributed by atoms with Gasteiger partial charge in [-0.1, -0.05) is 18.2 Å². The molecule has 0 aliphatic rings. The van der Waals surface area contributed by atoms with E-state index in [1.54, 1.807) is 6.08 Å². The maximum Gasteiger partial charge on any atom is 0.175 e. The van der Waals surface area contributed by atoms with Crippen LogP contribution in [0.3, 0.4) is 0 Å². The third-order valence-corrected chi connectivity index (χ3v) is 4.39. The van der Waals surface area contributed by atoms with Gasteiger partial charge in [0.2, 0.25) is 0 Å². The molecule has 0 aliphatic carbocycles. The molecule has 18 heavy (non-hydrogen) atoms. The van der Waals surface area contributed by atoms with Gasteiger partial charge in [-0.2, -0.15) is 0 Å². The standard InChI is InChI=1S/C13H11FO2S2/c14-12-5-3-11(4-6-12)10-18(15,16)9-7-13-2-1-8-17-13/h1-9H,10H2. The van der Waals surface area contributed by atoms with Crippen LogP contribution >= 0.6 is 11.3 Å². The summed E-state index contributed by atoms with van der Waals surface area (Å²) >= 11 is 1.47. The Labute approximate surface area is 109 Å². The maximum atomic E-state index is 12.7. The third-order valence-electron chi connectivity index (χ3n) is 2.26. The summed E-state index contributed by atoms with van der Waals surface area (Å²) in [5.41, 5.74) is 0.576. The minimum absolute atomic E-state index is 0.116. The predicted octanol–water partition coefficient (Wildman–Crippen LogP) is 3.47. The van der Waals surface area contributed by atoms with Crippen molar-refractivity contribution in [3.8, 4) is 0 Å². The molecule has 94 valence electrons. The van der Waals surface area contributed by atoms with Crippen LogP contribution in [0.4, 0.5) is 4.39 Å². The van der Waals surface area contributed by atoms with Gasteiger partial charge < -0.3 is 0 Å². The number of sulfone groups is 1. The number of hydrogen-bond donors (Lipinski definition) is 0. The summed E-state index contributed by atoms with van der Waals surface area (Å²) in [6.45, 7) is 0.